The van der Waals surface area contributed by atoms with Crippen molar-refractivity contribution in [1.29, 1.82) is 0 Å². The molecule has 4 heterocycles. The second-order valence-corrected chi connectivity index (χ2v) is 9.86. The first-order chi connectivity index (χ1) is 19.0. The molecule has 0 saturated carbocycles. The summed E-state index contributed by atoms with van der Waals surface area (Å²) in [6.45, 7) is 3.49. The van der Waals surface area contributed by atoms with E-state index in [1.807, 2.05) is 59.3 Å². The molecule has 4 aromatic rings. The highest BCUT2D eigenvalue weighted by Crippen LogP contribution is 2.34. The summed E-state index contributed by atoms with van der Waals surface area (Å²) in [5, 5.41) is 7.21. The van der Waals surface area contributed by atoms with Crippen molar-refractivity contribution in [3.05, 3.63) is 83.9 Å². The Morgan fingerprint density at radius 1 is 1.15 bits per heavy atom. The summed E-state index contributed by atoms with van der Waals surface area (Å²) in [4.78, 5) is 35.3. The third-order valence-electron chi connectivity index (χ3n) is 6.97. The van der Waals surface area contributed by atoms with E-state index >= 15 is 0 Å². The Kier molecular flexibility index (Phi) is 8.17. The zero-order valence-corrected chi connectivity index (χ0v) is 22.2. The van der Waals surface area contributed by atoms with E-state index in [9.17, 15) is 9.59 Å². The zero-order chi connectivity index (χ0) is 27.2. The van der Waals surface area contributed by atoms with Gasteiger partial charge in [0.2, 0.25) is 5.91 Å². The number of aryl methyl sites for hydroxylation is 2. The van der Waals surface area contributed by atoms with Crippen molar-refractivity contribution in [1.82, 2.24) is 14.5 Å². The van der Waals surface area contributed by atoms with Crippen LogP contribution in [0.25, 0.3) is 11.0 Å². The van der Waals surface area contributed by atoms with Gasteiger partial charge < -0.3 is 24.7 Å². The first-order valence-corrected chi connectivity index (χ1v) is 13.2. The van der Waals surface area contributed by atoms with Gasteiger partial charge in [0, 0.05) is 37.0 Å². The molecule has 2 N–H and O–H groups in total. The molecule has 202 valence electrons. The average Bonchev–Trinajstić information content (AvgIpc) is 3.60. The third-order valence-corrected chi connectivity index (χ3v) is 6.97. The van der Waals surface area contributed by atoms with Crippen LogP contribution >= 0.6 is 0 Å². The number of fused-ring (bicyclic) bond motifs is 1. The zero-order valence-electron chi connectivity index (χ0n) is 22.2. The first kappa shape index (κ1) is 26.4. The predicted octanol–water partition coefficient (Wildman–Crippen LogP) is 4.48. The van der Waals surface area contributed by atoms with Crippen LogP contribution in [0, 0.1) is 5.92 Å². The number of ether oxygens (including phenoxy) is 2. The van der Waals surface area contributed by atoms with Crippen molar-refractivity contribution in [2.75, 3.05) is 31.0 Å². The van der Waals surface area contributed by atoms with E-state index in [0.717, 1.165) is 23.2 Å². The molecule has 1 amide bonds. The van der Waals surface area contributed by atoms with Gasteiger partial charge in [-0.1, -0.05) is 36.4 Å². The molecule has 0 spiro atoms. The lowest BCUT2D eigenvalue weighted by Crippen LogP contribution is -2.24. The van der Waals surface area contributed by atoms with Crippen molar-refractivity contribution in [3.8, 4) is 0 Å². The van der Waals surface area contributed by atoms with Gasteiger partial charge in [-0.15, -0.1) is 0 Å². The van der Waals surface area contributed by atoms with Gasteiger partial charge in [0.15, 0.2) is 5.69 Å². The van der Waals surface area contributed by atoms with Gasteiger partial charge in [0.25, 0.3) is 0 Å². The van der Waals surface area contributed by atoms with E-state index in [1.54, 1.807) is 12.4 Å². The van der Waals surface area contributed by atoms with Crippen molar-refractivity contribution in [2.45, 2.75) is 38.8 Å². The number of aromatic nitrogens is 3. The van der Waals surface area contributed by atoms with Gasteiger partial charge in [-0.2, -0.15) is 0 Å². The summed E-state index contributed by atoms with van der Waals surface area (Å²) in [6, 6.07) is 16.0. The van der Waals surface area contributed by atoms with Gasteiger partial charge in [-0.25, -0.2) is 9.78 Å². The number of anilines is 2. The number of carbonyl (C=O) groups excluding carboxylic acids is 2. The van der Waals surface area contributed by atoms with Gasteiger partial charge >= 0.3 is 5.97 Å². The molecule has 0 radical (unpaired) electrons. The van der Waals surface area contributed by atoms with Crippen LogP contribution in [0.5, 0.6) is 0 Å². The number of benzene rings is 1. The fourth-order valence-corrected chi connectivity index (χ4v) is 5.02. The largest absolute Gasteiger partial charge is 0.464 e. The van der Waals surface area contributed by atoms with Crippen LogP contribution < -0.4 is 10.6 Å². The van der Waals surface area contributed by atoms with Gasteiger partial charge in [-0.3, -0.25) is 9.78 Å². The number of rotatable bonds is 10. The summed E-state index contributed by atoms with van der Waals surface area (Å²) in [5.41, 5.74) is 4.34. The van der Waals surface area contributed by atoms with E-state index in [4.69, 9.17) is 14.5 Å². The van der Waals surface area contributed by atoms with Crippen LogP contribution in [-0.2, 0) is 33.7 Å². The summed E-state index contributed by atoms with van der Waals surface area (Å²) >= 11 is 0. The minimum absolute atomic E-state index is 0.0994. The van der Waals surface area contributed by atoms with Crippen molar-refractivity contribution < 1.29 is 19.1 Å². The normalized spacial score (nSPS) is 15.7. The van der Waals surface area contributed by atoms with Gasteiger partial charge in [-0.05, 0) is 49.4 Å². The third kappa shape index (κ3) is 6.09. The second kappa shape index (κ2) is 12.1. The highest BCUT2D eigenvalue weighted by atomic mass is 16.5. The molecule has 0 bridgehead atoms. The first-order valence-electron chi connectivity index (χ1n) is 13.2. The number of carbonyl (C=O) groups is 2. The Morgan fingerprint density at radius 3 is 2.69 bits per heavy atom. The highest BCUT2D eigenvalue weighted by Gasteiger charge is 2.30. The Balaban J connectivity index is 1.52. The van der Waals surface area contributed by atoms with Crippen LogP contribution in [0.2, 0.25) is 0 Å². The number of esters is 1. The maximum atomic E-state index is 13.2. The van der Waals surface area contributed by atoms with Gasteiger partial charge in [0.1, 0.15) is 5.65 Å². The smallest absolute Gasteiger partial charge is 0.356 e. The molecule has 3 aromatic heterocycles. The van der Waals surface area contributed by atoms with Crippen molar-refractivity contribution >= 4 is 34.3 Å². The lowest BCUT2D eigenvalue weighted by Gasteiger charge is -2.15. The summed E-state index contributed by atoms with van der Waals surface area (Å²) in [5.74, 6) is -0.978. The Morgan fingerprint density at radius 2 is 1.97 bits per heavy atom. The molecular weight excluding hydrogens is 494 g/mol. The van der Waals surface area contributed by atoms with Crippen LogP contribution in [0.1, 0.15) is 35.0 Å². The fraction of sp³-hybridized carbons (Fsp3) is 0.333. The molecule has 2 unspecified atom stereocenters. The summed E-state index contributed by atoms with van der Waals surface area (Å²) < 4.78 is 12.4. The van der Waals surface area contributed by atoms with Crippen LogP contribution in [0.4, 0.5) is 11.4 Å². The topological polar surface area (TPSA) is 107 Å². The Hall–Kier alpha value is -4.24. The number of nitrogens with one attached hydrogen (secondary N) is 2. The molecule has 9 heteroatoms. The van der Waals surface area contributed by atoms with E-state index < -0.39 is 5.97 Å². The minimum atomic E-state index is -0.529. The average molecular weight is 528 g/mol. The lowest BCUT2D eigenvalue weighted by molar-refractivity contribution is -0.119. The monoisotopic (exact) mass is 527 g/mol. The number of hydrogen-bond acceptors (Lipinski definition) is 7. The second-order valence-electron chi connectivity index (χ2n) is 9.86. The minimum Gasteiger partial charge on any atom is -0.464 e. The van der Waals surface area contributed by atoms with Crippen molar-refractivity contribution in [3.63, 3.8) is 0 Å². The van der Waals surface area contributed by atoms with E-state index in [-0.39, 0.29) is 23.6 Å². The molecule has 1 fully saturated rings. The van der Waals surface area contributed by atoms with Crippen LogP contribution in [0.3, 0.4) is 0 Å². The number of pyridine rings is 2. The molecule has 9 nitrogen and oxygen atoms in total. The number of amides is 1. The molecule has 5 rings (SSSR count). The number of hydrogen-bond donors (Lipinski definition) is 2. The molecule has 2 atom stereocenters. The highest BCUT2D eigenvalue weighted by molar-refractivity contribution is 6.11. The van der Waals surface area contributed by atoms with E-state index in [0.29, 0.717) is 49.3 Å². The maximum Gasteiger partial charge on any atom is 0.356 e. The molecule has 1 aliphatic rings. The summed E-state index contributed by atoms with van der Waals surface area (Å²) in [6.07, 6.45) is 7.48. The predicted molar refractivity (Wildman–Crippen MR) is 150 cm³/mol. The molecule has 1 aliphatic heterocycles. The molecule has 0 aliphatic carbocycles. The maximum absolute atomic E-state index is 13.2. The number of nitrogens with zero attached hydrogens (tertiary/aromatic N) is 3. The van der Waals surface area contributed by atoms with E-state index in [2.05, 4.69) is 22.5 Å². The quantitative estimate of drug-likeness (QED) is 0.293. The van der Waals surface area contributed by atoms with Crippen molar-refractivity contribution in [2.24, 2.45) is 5.92 Å². The lowest BCUT2D eigenvalue weighted by atomic mass is 10.1. The number of methoxy groups -OCH3 is 1. The molecular formula is C30H33N5O4. The fourth-order valence-electron chi connectivity index (χ4n) is 5.02. The van der Waals surface area contributed by atoms with Gasteiger partial charge in [0.05, 0.1) is 37.2 Å². The summed E-state index contributed by atoms with van der Waals surface area (Å²) in [7, 11) is 1.35. The Bertz CT molecular complexity index is 1430. The Labute approximate surface area is 227 Å². The van der Waals surface area contributed by atoms with E-state index in [1.165, 1.54) is 7.11 Å². The molecule has 39 heavy (non-hydrogen) atoms. The molecule has 1 aromatic carbocycles. The van der Waals surface area contributed by atoms with Crippen LogP contribution in [0.15, 0.2) is 67.1 Å². The standard InChI is InChI=1S/C30H33N5O4/c1-20(15-22-9-6-12-31-17-22)33-24-16-25-26(34-29(36)23-11-14-39-19-23)27(30(37)38-2)35(28(25)32-18-24)13-10-21-7-4-3-5-8-21/h3-9,12,16-18,20,23,33H,10-11,13-15,19H2,1-2H3,(H,34,36). The van der Waals surface area contributed by atoms with Crippen LogP contribution in [-0.4, -0.2) is 52.8 Å². The SMILES string of the molecule is COC(=O)c1c(NC(=O)C2CCOC2)c2cc(NC(C)Cc3cccnc3)cnc2n1CCc1ccccc1. The molecule has 1 saturated heterocycles.